The molecule has 0 aliphatic carbocycles. The summed E-state index contributed by atoms with van der Waals surface area (Å²) in [5.74, 6) is 0.723. The smallest absolute Gasteiger partial charge is 0.220 e. The summed E-state index contributed by atoms with van der Waals surface area (Å²) in [5.41, 5.74) is 3.08. The van der Waals surface area contributed by atoms with Gasteiger partial charge in [-0.15, -0.1) is 0 Å². The van der Waals surface area contributed by atoms with Gasteiger partial charge in [-0.05, 0) is 44.9 Å². The Balaban J connectivity index is 1.97. The average Bonchev–Trinajstić information content (AvgIpc) is 2.82. The van der Waals surface area contributed by atoms with E-state index in [-0.39, 0.29) is 18.1 Å². The third-order valence-electron chi connectivity index (χ3n) is 3.71. The molecule has 0 aliphatic heterocycles. The van der Waals surface area contributed by atoms with E-state index in [4.69, 9.17) is 0 Å². The number of Topliss-reactive ketones (excluding diaryl/α,β-unsaturated/α-hetero) is 1. The summed E-state index contributed by atoms with van der Waals surface area (Å²) in [7, 11) is 0. The van der Waals surface area contributed by atoms with E-state index >= 15 is 0 Å². The summed E-state index contributed by atoms with van der Waals surface area (Å²) in [6, 6.07) is 5.70. The predicted molar refractivity (Wildman–Crippen MR) is 87.5 cm³/mol. The number of amides is 1. The summed E-state index contributed by atoms with van der Waals surface area (Å²) >= 11 is 0. The van der Waals surface area contributed by atoms with Gasteiger partial charge in [0, 0.05) is 31.3 Å². The van der Waals surface area contributed by atoms with Crippen molar-refractivity contribution in [1.29, 1.82) is 0 Å². The fourth-order valence-corrected chi connectivity index (χ4v) is 2.44. The van der Waals surface area contributed by atoms with Crippen LogP contribution in [0.4, 0.5) is 0 Å². The van der Waals surface area contributed by atoms with E-state index in [0.717, 1.165) is 22.8 Å². The highest BCUT2D eigenvalue weighted by molar-refractivity contribution is 5.83. The van der Waals surface area contributed by atoms with Crippen LogP contribution in [0.15, 0.2) is 24.4 Å². The molecule has 6 nitrogen and oxygen atoms in total. The zero-order valence-corrected chi connectivity index (χ0v) is 13.8. The predicted octanol–water partition coefficient (Wildman–Crippen LogP) is 1.91. The number of pyridine rings is 1. The van der Waals surface area contributed by atoms with Crippen LogP contribution in [0.25, 0.3) is 5.82 Å². The number of aryl methyl sites for hydroxylation is 1. The molecular weight excluding hydrogens is 292 g/mol. The van der Waals surface area contributed by atoms with Crippen molar-refractivity contribution in [3.8, 4) is 5.82 Å². The first-order valence-corrected chi connectivity index (χ1v) is 7.71. The van der Waals surface area contributed by atoms with Crippen LogP contribution in [0, 0.1) is 13.8 Å². The van der Waals surface area contributed by atoms with Crippen LogP contribution in [0.3, 0.4) is 0 Å². The Kier molecular flexibility index (Phi) is 5.62. The molecule has 2 heterocycles. The third kappa shape index (κ3) is 4.48. The molecule has 0 fully saturated rings. The third-order valence-corrected chi connectivity index (χ3v) is 3.71. The second kappa shape index (κ2) is 7.67. The van der Waals surface area contributed by atoms with E-state index in [0.29, 0.717) is 19.4 Å². The van der Waals surface area contributed by atoms with Gasteiger partial charge in [0.1, 0.15) is 5.78 Å². The molecule has 2 aromatic rings. The van der Waals surface area contributed by atoms with Crippen LogP contribution >= 0.6 is 0 Å². The molecule has 1 amide bonds. The van der Waals surface area contributed by atoms with Crippen molar-refractivity contribution in [3.05, 3.63) is 41.3 Å². The van der Waals surface area contributed by atoms with Gasteiger partial charge >= 0.3 is 0 Å². The molecule has 2 aromatic heterocycles. The second-order valence-corrected chi connectivity index (χ2v) is 5.55. The van der Waals surface area contributed by atoms with Gasteiger partial charge in [-0.25, -0.2) is 9.67 Å². The van der Waals surface area contributed by atoms with Gasteiger partial charge in [0.15, 0.2) is 5.82 Å². The molecule has 122 valence electrons. The molecule has 0 unspecified atom stereocenters. The van der Waals surface area contributed by atoms with Crippen molar-refractivity contribution in [1.82, 2.24) is 20.1 Å². The lowest BCUT2D eigenvalue weighted by Gasteiger charge is -2.06. The van der Waals surface area contributed by atoms with E-state index in [9.17, 15) is 9.59 Å². The maximum atomic E-state index is 11.6. The van der Waals surface area contributed by atoms with Crippen molar-refractivity contribution in [2.24, 2.45) is 0 Å². The van der Waals surface area contributed by atoms with Crippen LogP contribution in [-0.2, 0) is 16.0 Å². The lowest BCUT2D eigenvalue weighted by atomic mass is 10.1. The topological polar surface area (TPSA) is 76.9 Å². The quantitative estimate of drug-likeness (QED) is 0.847. The lowest BCUT2D eigenvalue weighted by molar-refractivity contribution is -0.124. The van der Waals surface area contributed by atoms with E-state index in [1.54, 1.807) is 6.20 Å². The first-order chi connectivity index (χ1) is 11.0. The zero-order chi connectivity index (χ0) is 16.8. The number of hydrogen-bond acceptors (Lipinski definition) is 4. The largest absolute Gasteiger partial charge is 0.356 e. The number of rotatable bonds is 7. The molecule has 1 N–H and O–H groups in total. The molecule has 0 bridgehead atoms. The molecule has 6 heteroatoms. The molecule has 0 aromatic carbocycles. The van der Waals surface area contributed by atoms with Gasteiger partial charge < -0.3 is 10.1 Å². The van der Waals surface area contributed by atoms with Crippen molar-refractivity contribution in [3.63, 3.8) is 0 Å². The van der Waals surface area contributed by atoms with Crippen molar-refractivity contribution in [2.75, 3.05) is 6.54 Å². The number of nitrogens with zero attached hydrogens (tertiary/aromatic N) is 3. The number of carbonyl (C=O) groups is 2. The van der Waals surface area contributed by atoms with E-state index in [2.05, 4.69) is 15.4 Å². The number of hydrogen-bond donors (Lipinski definition) is 1. The van der Waals surface area contributed by atoms with Gasteiger partial charge in [-0.2, -0.15) is 5.10 Å². The molecule has 0 aliphatic rings. The summed E-state index contributed by atoms with van der Waals surface area (Å²) in [5, 5.41) is 7.38. The minimum absolute atomic E-state index is 0.0310. The Morgan fingerprint density at radius 2 is 2.00 bits per heavy atom. The maximum Gasteiger partial charge on any atom is 0.220 e. The molecular formula is C17H22N4O2. The normalized spacial score (nSPS) is 10.6. The number of aromatic nitrogens is 3. The molecule has 0 spiro atoms. The van der Waals surface area contributed by atoms with Gasteiger partial charge in [-0.3, -0.25) is 4.79 Å². The highest BCUT2D eigenvalue weighted by Crippen LogP contribution is 2.16. The summed E-state index contributed by atoms with van der Waals surface area (Å²) in [4.78, 5) is 26.8. The number of ketones is 1. The van der Waals surface area contributed by atoms with Gasteiger partial charge in [0.05, 0.1) is 5.69 Å². The summed E-state index contributed by atoms with van der Waals surface area (Å²) in [6.45, 7) is 5.99. The van der Waals surface area contributed by atoms with Crippen LogP contribution in [-0.4, -0.2) is 33.0 Å². The Morgan fingerprint density at radius 3 is 2.65 bits per heavy atom. The van der Waals surface area contributed by atoms with Crippen LogP contribution in [0.2, 0.25) is 0 Å². The fraction of sp³-hybridized carbons (Fsp3) is 0.412. The van der Waals surface area contributed by atoms with Gasteiger partial charge in [0.2, 0.25) is 5.91 Å². The molecule has 23 heavy (non-hydrogen) atoms. The molecule has 0 saturated heterocycles. The number of nitrogens with one attached hydrogen (secondary N) is 1. The van der Waals surface area contributed by atoms with Crippen molar-refractivity contribution in [2.45, 2.75) is 40.0 Å². The second-order valence-electron chi connectivity index (χ2n) is 5.55. The van der Waals surface area contributed by atoms with E-state index in [1.807, 2.05) is 36.7 Å². The van der Waals surface area contributed by atoms with Crippen LogP contribution in [0.5, 0.6) is 0 Å². The van der Waals surface area contributed by atoms with Crippen molar-refractivity contribution >= 4 is 11.7 Å². The molecule has 2 rings (SSSR count). The summed E-state index contributed by atoms with van der Waals surface area (Å²) in [6.07, 6.45) is 2.99. The number of carbonyl (C=O) groups excluding carboxylic acids is 2. The first kappa shape index (κ1) is 16.9. The van der Waals surface area contributed by atoms with E-state index in [1.165, 1.54) is 6.92 Å². The Morgan fingerprint density at radius 1 is 1.22 bits per heavy atom. The average molecular weight is 314 g/mol. The Bertz CT molecular complexity index is 692. The molecule has 0 atom stereocenters. The monoisotopic (exact) mass is 314 g/mol. The fourth-order valence-electron chi connectivity index (χ4n) is 2.44. The maximum absolute atomic E-state index is 11.6. The molecule has 0 saturated carbocycles. The Labute approximate surface area is 135 Å². The lowest BCUT2D eigenvalue weighted by Crippen LogP contribution is -2.26. The standard InChI is InChI=1S/C17H22N4O2/c1-12(22)7-8-17(23)19-11-9-15-13(2)20-21(14(15)3)16-6-4-5-10-18-16/h4-6,10H,7-9,11H2,1-3H3,(H,19,23). The van der Waals surface area contributed by atoms with Gasteiger partial charge in [0.25, 0.3) is 0 Å². The Hall–Kier alpha value is -2.50. The van der Waals surface area contributed by atoms with Crippen molar-refractivity contribution < 1.29 is 9.59 Å². The van der Waals surface area contributed by atoms with E-state index < -0.39 is 0 Å². The first-order valence-electron chi connectivity index (χ1n) is 7.71. The van der Waals surface area contributed by atoms with Crippen LogP contribution in [0.1, 0.15) is 36.7 Å². The molecule has 0 radical (unpaired) electrons. The minimum atomic E-state index is -0.0902. The summed E-state index contributed by atoms with van der Waals surface area (Å²) < 4.78 is 1.82. The SMILES string of the molecule is CC(=O)CCC(=O)NCCc1c(C)nn(-c2ccccn2)c1C. The van der Waals surface area contributed by atoms with Gasteiger partial charge in [-0.1, -0.05) is 6.07 Å². The minimum Gasteiger partial charge on any atom is -0.356 e. The highest BCUT2D eigenvalue weighted by atomic mass is 16.2. The van der Waals surface area contributed by atoms with Crippen LogP contribution < -0.4 is 5.32 Å². The highest BCUT2D eigenvalue weighted by Gasteiger charge is 2.13. The zero-order valence-electron chi connectivity index (χ0n) is 13.8.